The summed E-state index contributed by atoms with van der Waals surface area (Å²) in [5.74, 6) is 0. The summed E-state index contributed by atoms with van der Waals surface area (Å²) in [6, 6.07) is 3.06. The maximum atomic E-state index is 6.09. The van der Waals surface area contributed by atoms with Crippen LogP contribution in [0.2, 0.25) is 0 Å². The van der Waals surface area contributed by atoms with Crippen molar-refractivity contribution in [3.05, 3.63) is 20.3 Å². The molecule has 0 aromatic carbocycles. The van der Waals surface area contributed by atoms with E-state index in [1.807, 2.05) is 11.3 Å². The van der Waals surface area contributed by atoms with E-state index in [0.717, 1.165) is 26.0 Å². The van der Waals surface area contributed by atoms with Crippen molar-refractivity contribution >= 4 is 27.3 Å². The van der Waals surface area contributed by atoms with Gasteiger partial charge in [0.1, 0.15) is 0 Å². The van der Waals surface area contributed by atoms with Crippen LogP contribution in [0.25, 0.3) is 0 Å². The van der Waals surface area contributed by atoms with Gasteiger partial charge in [0, 0.05) is 40.5 Å². The van der Waals surface area contributed by atoms with Gasteiger partial charge in [-0.1, -0.05) is 13.8 Å². The molecule has 0 spiro atoms. The molecule has 0 fully saturated rings. The minimum atomic E-state index is 0.282. The number of rotatable bonds is 9. The Morgan fingerprint density at radius 2 is 2.05 bits per heavy atom. The topological polar surface area (TPSA) is 38.5 Å². The van der Waals surface area contributed by atoms with Gasteiger partial charge in [-0.2, -0.15) is 0 Å². The summed E-state index contributed by atoms with van der Waals surface area (Å²) in [7, 11) is 1.76. The van der Waals surface area contributed by atoms with Crippen molar-refractivity contribution in [3.8, 4) is 0 Å². The van der Waals surface area contributed by atoms with Gasteiger partial charge in [-0.05, 0) is 41.8 Å². The van der Waals surface area contributed by atoms with Crippen LogP contribution in [0, 0.1) is 6.92 Å². The van der Waals surface area contributed by atoms with Crippen LogP contribution < -0.4 is 5.73 Å². The van der Waals surface area contributed by atoms with Crippen LogP contribution in [-0.2, 0) is 4.74 Å². The first-order valence-corrected chi connectivity index (χ1v) is 8.90. The lowest BCUT2D eigenvalue weighted by molar-refractivity contribution is 0.0830. The van der Waals surface area contributed by atoms with E-state index in [1.165, 1.54) is 14.2 Å². The number of hydrogen-bond donors (Lipinski definition) is 1. The molecule has 1 unspecified atom stereocenters. The van der Waals surface area contributed by atoms with E-state index in [2.05, 4.69) is 47.7 Å². The van der Waals surface area contributed by atoms with E-state index >= 15 is 0 Å². The lowest BCUT2D eigenvalue weighted by Crippen LogP contribution is -2.42. The molecule has 3 nitrogen and oxygen atoms in total. The van der Waals surface area contributed by atoms with Crippen molar-refractivity contribution in [2.45, 2.75) is 45.7 Å². The number of halogens is 1. The van der Waals surface area contributed by atoms with Crippen molar-refractivity contribution in [3.63, 3.8) is 0 Å². The second-order valence-electron chi connectivity index (χ2n) is 5.01. The first-order chi connectivity index (χ1) is 9.58. The fourth-order valence-electron chi connectivity index (χ4n) is 2.61. The van der Waals surface area contributed by atoms with Crippen molar-refractivity contribution in [2.24, 2.45) is 5.73 Å². The molecule has 0 saturated carbocycles. The predicted molar refractivity (Wildman–Crippen MR) is 91.5 cm³/mol. The molecule has 1 heterocycles. The quantitative estimate of drug-likeness (QED) is 0.722. The average molecular weight is 363 g/mol. The highest BCUT2D eigenvalue weighted by molar-refractivity contribution is 9.10. The Kier molecular flexibility index (Phi) is 8.29. The first-order valence-electron chi connectivity index (χ1n) is 7.29. The van der Waals surface area contributed by atoms with Crippen LogP contribution in [0.4, 0.5) is 0 Å². The highest BCUT2D eigenvalue weighted by Crippen LogP contribution is 2.34. The molecule has 5 heteroatoms. The number of thiophene rings is 1. The Balaban J connectivity index is 2.99. The van der Waals surface area contributed by atoms with Gasteiger partial charge < -0.3 is 10.5 Å². The summed E-state index contributed by atoms with van der Waals surface area (Å²) in [5, 5.41) is 0. The van der Waals surface area contributed by atoms with Crippen LogP contribution in [0.15, 0.2) is 10.5 Å². The smallest absolute Gasteiger partial charge is 0.0590 e. The van der Waals surface area contributed by atoms with Gasteiger partial charge in [0.05, 0.1) is 12.6 Å². The minimum absolute atomic E-state index is 0.282. The third-order valence-electron chi connectivity index (χ3n) is 3.79. The molecular formula is C15H27BrN2OS. The Bertz CT molecular complexity index is 374. The first kappa shape index (κ1) is 18.1. The molecule has 20 heavy (non-hydrogen) atoms. The zero-order valence-electron chi connectivity index (χ0n) is 13.0. The van der Waals surface area contributed by atoms with Crippen molar-refractivity contribution < 1.29 is 4.74 Å². The van der Waals surface area contributed by atoms with Gasteiger partial charge in [0.25, 0.3) is 0 Å². The van der Waals surface area contributed by atoms with E-state index in [4.69, 9.17) is 10.5 Å². The fraction of sp³-hybridized carbons (Fsp3) is 0.733. The highest BCUT2D eigenvalue weighted by Gasteiger charge is 2.26. The fourth-order valence-corrected chi connectivity index (χ4v) is 4.30. The highest BCUT2D eigenvalue weighted by atomic mass is 79.9. The van der Waals surface area contributed by atoms with Gasteiger partial charge in [-0.15, -0.1) is 11.3 Å². The normalized spacial score (nSPS) is 13.4. The molecule has 1 rings (SSSR count). The number of nitrogens with two attached hydrogens (primary N) is 1. The summed E-state index contributed by atoms with van der Waals surface area (Å²) < 4.78 is 6.47. The van der Waals surface area contributed by atoms with E-state index in [1.54, 1.807) is 7.11 Å². The third kappa shape index (κ3) is 4.53. The standard InChI is InChI=1S/C15H27BrN2OS/c1-5-12(6-2)18(7-8-19-4)14(10-17)15-9-13(16)11(3)20-15/h9,12,14H,5-8,10,17H2,1-4H3. The number of hydrogen-bond acceptors (Lipinski definition) is 4. The van der Waals surface area contributed by atoms with Crippen LogP contribution in [0.5, 0.6) is 0 Å². The van der Waals surface area contributed by atoms with Gasteiger partial charge in [0.15, 0.2) is 0 Å². The number of ether oxygens (including phenoxy) is 1. The third-order valence-corrected chi connectivity index (χ3v) is 6.03. The second kappa shape index (κ2) is 9.15. The molecule has 0 radical (unpaired) electrons. The Labute approximate surface area is 135 Å². The second-order valence-corrected chi connectivity index (χ2v) is 7.15. The molecule has 0 amide bonds. The number of aryl methyl sites for hydroxylation is 1. The Hall–Kier alpha value is 0.0600. The number of nitrogens with zero attached hydrogens (tertiary/aromatic N) is 1. The molecule has 0 bridgehead atoms. The molecule has 0 saturated heterocycles. The summed E-state index contributed by atoms with van der Waals surface area (Å²) in [6.45, 7) is 8.96. The van der Waals surface area contributed by atoms with Gasteiger partial charge in [-0.25, -0.2) is 0 Å². The summed E-state index contributed by atoms with van der Waals surface area (Å²) >= 11 is 5.45. The molecular weight excluding hydrogens is 336 g/mol. The van der Waals surface area contributed by atoms with Crippen molar-refractivity contribution in [1.82, 2.24) is 4.90 Å². The van der Waals surface area contributed by atoms with Gasteiger partial charge >= 0.3 is 0 Å². The molecule has 1 aromatic heterocycles. The molecule has 0 aliphatic heterocycles. The van der Waals surface area contributed by atoms with Crippen LogP contribution in [0.1, 0.15) is 42.5 Å². The van der Waals surface area contributed by atoms with Gasteiger partial charge in [-0.3, -0.25) is 4.90 Å². The zero-order valence-corrected chi connectivity index (χ0v) is 15.4. The monoisotopic (exact) mass is 362 g/mol. The maximum Gasteiger partial charge on any atom is 0.0590 e. The maximum absolute atomic E-state index is 6.09. The molecule has 0 aliphatic carbocycles. The lowest BCUT2D eigenvalue weighted by atomic mass is 10.1. The molecule has 116 valence electrons. The summed E-state index contributed by atoms with van der Waals surface area (Å²) in [4.78, 5) is 5.18. The van der Waals surface area contributed by atoms with Crippen molar-refractivity contribution in [1.29, 1.82) is 0 Å². The van der Waals surface area contributed by atoms with E-state index < -0.39 is 0 Å². The average Bonchev–Trinajstić information content (AvgIpc) is 2.77. The molecule has 0 aliphatic rings. The molecule has 2 N–H and O–H groups in total. The van der Waals surface area contributed by atoms with Crippen LogP contribution in [-0.4, -0.2) is 37.7 Å². The molecule has 1 atom stereocenters. The summed E-state index contributed by atoms with van der Waals surface area (Å²) in [6.07, 6.45) is 2.28. The van der Waals surface area contributed by atoms with E-state index in [0.29, 0.717) is 12.6 Å². The largest absolute Gasteiger partial charge is 0.383 e. The predicted octanol–water partition coefficient (Wildman–Crippen LogP) is 3.96. The Morgan fingerprint density at radius 1 is 1.40 bits per heavy atom. The van der Waals surface area contributed by atoms with Gasteiger partial charge in [0.2, 0.25) is 0 Å². The van der Waals surface area contributed by atoms with Crippen molar-refractivity contribution in [2.75, 3.05) is 26.8 Å². The van der Waals surface area contributed by atoms with Crippen LogP contribution in [0.3, 0.4) is 0 Å². The zero-order chi connectivity index (χ0) is 15.1. The van der Waals surface area contributed by atoms with E-state index in [9.17, 15) is 0 Å². The number of methoxy groups -OCH3 is 1. The van der Waals surface area contributed by atoms with Crippen LogP contribution >= 0.6 is 27.3 Å². The Morgan fingerprint density at radius 3 is 2.45 bits per heavy atom. The molecule has 1 aromatic rings. The summed E-state index contributed by atoms with van der Waals surface area (Å²) in [5.41, 5.74) is 6.09. The lowest BCUT2D eigenvalue weighted by Gasteiger charge is -2.36. The van der Waals surface area contributed by atoms with E-state index in [-0.39, 0.29) is 6.04 Å². The minimum Gasteiger partial charge on any atom is -0.383 e. The SMILES string of the molecule is CCC(CC)N(CCOC)C(CN)c1cc(Br)c(C)s1.